The highest BCUT2D eigenvalue weighted by Gasteiger charge is 2.00. The van der Waals surface area contributed by atoms with Crippen LogP contribution in [0.5, 0.6) is 0 Å². The minimum absolute atomic E-state index is 0.675. The van der Waals surface area contributed by atoms with Crippen LogP contribution in [0.2, 0.25) is 10.0 Å². The Morgan fingerprint density at radius 3 is 1.53 bits per heavy atom. The molecule has 0 saturated carbocycles. The van der Waals surface area contributed by atoms with Crippen LogP contribution in [0.3, 0.4) is 0 Å². The average molecular weight is 295 g/mol. The van der Waals surface area contributed by atoms with Gasteiger partial charge in [-0.1, -0.05) is 59.6 Å². The summed E-state index contributed by atoms with van der Waals surface area (Å²) >= 11 is 12.2. The van der Waals surface area contributed by atoms with Crippen LogP contribution in [0.25, 0.3) is 0 Å². The highest BCUT2D eigenvalue weighted by molar-refractivity contribution is 6.31. The van der Waals surface area contributed by atoms with Crippen LogP contribution < -0.4 is 0 Å². The SMILES string of the molecule is Clc1ccccc1CCOCCc1ccccc1Cl. The van der Waals surface area contributed by atoms with Crippen molar-refractivity contribution in [3.63, 3.8) is 0 Å². The lowest BCUT2D eigenvalue weighted by Crippen LogP contribution is -2.03. The highest BCUT2D eigenvalue weighted by Crippen LogP contribution is 2.16. The van der Waals surface area contributed by atoms with Gasteiger partial charge in [0.1, 0.15) is 0 Å². The molecule has 0 aliphatic carbocycles. The van der Waals surface area contributed by atoms with Gasteiger partial charge >= 0.3 is 0 Å². The Morgan fingerprint density at radius 1 is 0.684 bits per heavy atom. The topological polar surface area (TPSA) is 9.23 Å². The van der Waals surface area contributed by atoms with E-state index in [1.165, 1.54) is 0 Å². The third-order valence-electron chi connectivity index (χ3n) is 2.95. The lowest BCUT2D eigenvalue weighted by atomic mass is 10.1. The van der Waals surface area contributed by atoms with Crippen molar-refractivity contribution in [2.75, 3.05) is 13.2 Å². The smallest absolute Gasteiger partial charge is 0.0507 e. The van der Waals surface area contributed by atoms with Gasteiger partial charge in [-0.2, -0.15) is 0 Å². The Hall–Kier alpha value is -1.02. The first-order valence-corrected chi connectivity index (χ1v) is 7.07. The number of benzene rings is 2. The zero-order chi connectivity index (χ0) is 13.5. The minimum Gasteiger partial charge on any atom is -0.381 e. The Balaban J connectivity index is 1.71. The summed E-state index contributed by atoms with van der Waals surface area (Å²) in [5, 5.41) is 1.61. The monoisotopic (exact) mass is 294 g/mol. The first-order valence-electron chi connectivity index (χ1n) is 6.32. The molecular formula is C16H16Cl2O. The number of hydrogen-bond donors (Lipinski definition) is 0. The molecule has 0 bridgehead atoms. The Morgan fingerprint density at radius 2 is 1.11 bits per heavy atom. The number of ether oxygens (including phenoxy) is 1. The van der Waals surface area contributed by atoms with Crippen molar-refractivity contribution in [3.05, 3.63) is 69.7 Å². The van der Waals surface area contributed by atoms with Gasteiger partial charge in [-0.25, -0.2) is 0 Å². The molecule has 0 radical (unpaired) electrons. The van der Waals surface area contributed by atoms with Crippen LogP contribution in [0.1, 0.15) is 11.1 Å². The summed E-state index contributed by atoms with van der Waals surface area (Å²) in [6.45, 7) is 1.35. The van der Waals surface area contributed by atoms with Crippen molar-refractivity contribution in [3.8, 4) is 0 Å². The summed E-state index contributed by atoms with van der Waals surface area (Å²) in [5.41, 5.74) is 2.25. The maximum absolute atomic E-state index is 6.08. The van der Waals surface area contributed by atoms with Gasteiger partial charge in [0, 0.05) is 10.0 Å². The molecule has 2 aromatic rings. The molecule has 0 aliphatic heterocycles. The standard InChI is InChI=1S/C16H16Cl2O/c17-15-7-3-1-5-13(15)9-11-19-12-10-14-6-2-4-8-16(14)18/h1-8H,9-12H2. The molecule has 0 N–H and O–H groups in total. The highest BCUT2D eigenvalue weighted by atomic mass is 35.5. The van der Waals surface area contributed by atoms with Gasteiger partial charge in [0.15, 0.2) is 0 Å². The first kappa shape index (κ1) is 14.4. The normalized spacial score (nSPS) is 10.6. The van der Waals surface area contributed by atoms with Crippen molar-refractivity contribution >= 4 is 23.2 Å². The van der Waals surface area contributed by atoms with E-state index in [0.717, 1.165) is 34.0 Å². The number of rotatable bonds is 6. The van der Waals surface area contributed by atoms with E-state index in [9.17, 15) is 0 Å². The van der Waals surface area contributed by atoms with Gasteiger partial charge in [0.2, 0.25) is 0 Å². The van der Waals surface area contributed by atoms with E-state index < -0.39 is 0 Å². The fourth-order valence-electron chi connectivity index (χ4n) is 1.87. The lowest BCUT2D eigenvalue weighted by molar-refractivity contribution is 0.140. The van der Waals surface area contributed by atoms with Crippen LogP contribution in [0.4, 0.5) is 0 Å². The molecule has 3 heteroatoms. The average Bonchev–Trinajstić information content (AvgIpc) is 2.42. The van der Waals surface area contributed by atoms with E-state index in [1.807, 2.05) is 48.5 Å². The van der Waals surface area contributed by atoms with Crippen molar-refractivity contribution in [1.29, 1.82) is 0 Å². The summed E-state index contributed by atoms with van der Waals surface area (Å²) in [6, 6.07) is 15.7. The van der Waals surface area contributed by atoms with Gasteiger partial charge in [0.05, 0.1) is 13.2 Å². The van der Waals surface area contributed by atoms with Crippen molar-refractivity contribution < 1.29 is 4.74 Å². The lowest BCUT2D eigenvalue weighted by Gasteiger charge is -2.07. The Labute approximate surface area is 124 Å². The van der Waals surface area contributed by atoms with Crippen LogP contribution >= 0.6 is 23.2 Å². The fraction of sp³-hybridized carbons (Fsp3) is 0.250. The van der Waals surface area contributed by atoms with Crippen LogP contribution in [-0.2, 0) is 17.6 Å². The van der Waals surface area contributed by atoms with E-state index in [2.05, 4.69) is 0 Å². The molecule has 0 heterocycles. The van der Waals surface area contributed by atoms with Crippen molar-refractivity contribution in [2.24, 2.45) is 0 Å². The van der Waals surface area contributed by atoms with E-state index in [4.69, 9.17) is 27.9 Å². The van der Waals surface area contributed by atoms with Crippen molar-refractivity contribution in [1.82, 2.24) is 0 Å². The van der Waals surface area contributed by atoms with Crippen LogP contribution in [0.15, 0.2) is 48.5 Å². The molecule has 0 aromatic heterocycles. The van der Waals surface area contributed by atoms with Crippen LogP contribution in [0, 0.1) is 0 Å². The molecule has 100 valence electrons. The number of halogens is 2. The van der Waals surface area contributed by atoms with Gasteiger partial charge in [-0.3, -0.25) is 0 Å². The fourth-order valence-corrected chi connectivity index (χ4v) is 2.33. The predicted molar refractivity (Wildman–Crippen MR) is 81.1 cm³/mol. The third-order valence-corrected chi connectivity index (χ3v) is 3.68. The molecule has 0 atom stereocenters. The van der Waals surface area contributed by atoms with E-state index >= 15 is 0 Å². The third kappa shape index (κ3) is 4.54. The maximum atomic E-state index is 6.08. The molecule has 0 aliphatic rings. The molecular weight excluding hydrogens is 279 g/mol. The predicted octanol–water partition coefficient (Wildman–Crippen LogP) is 4.80. The maximum Gasteiger partial charge on any atom is 0.0507 e. The van der Waals surface area contributed by atoms with Gasteiger partial charge < -0.3 is 4.74 Å². The van der Waals surface area contributed by atoms with Crippen LogP contribution in [-0.4, -0.2) is 13.2 Å². The summed E-state index contributed by atoms with van der Waals surface area (Å²) in [6.07, 6.45) is 1.67. The molecule has 2 aromatic carbocycles. The van der Waals surface area contributed by atoms with Gasteiger partial charge in [0.25, 0.3) is 0 Å². The van der Waals surface area contributed by atoms with Crippen molar-refractivity contribution in [2.45, 2.75) is 12.8 Å². The molecule has 0 spiro atoms. The minimum atomic E-state index is 0.675. The summed E-state index contributed by atoms with van der Waals surface area (Å²) in [4.78, 5) is 0. The largest absolute Gasteiger partial charge is 0.381 e. The molecule has 0 saturated heterocycles. The summed E-state index contributed by atoms with van der Waals surface area (Å²) in [5.74, 6) is 0. The van der Waals surface area contributed by atoms with E-state index in [1.54, 1.807) is 0 Å². The zero-order valence-electron chi connectivity index (χ0n) is 10.6. The number of hydrogen-bond acceptors (Lipinski definition) is 1. The summed E-state index contributed by atoms with van der Waals surface area (Å²) in [7, 11) is 0. The molecule has 19 heavy (non-hydrogen) atoms. The quantitative estimate of drug-likeness (QED) is 0.696. The second kappa shape index (κ2) is 7.54. The zero-order valence-corrected chi connectivity index (χ0v) is 12.1. The molecule has 0 fully saturated rings. The van der Waals surface area contributed by atoms with Gasteiger partial charge in [-0.15, -0.1) is 0 Å². The molecule has 0 unspecified atom stereocenters. The second-order valence-electron chi connectivity index (χ2n) is 4.30. The summed E-state index contributed by atoms with van der Waals surface area (Å²) < 4.78 is 5.63. The molecule has 0 amide bonds. The molecule has 1 nitrogen and oxygen atoms in total. The first-order chi connectivity index (χ1) is 9.27. The van der Waals surface area contributed by atoms with Gasteiger partial charge in [-0.05, 0) is 36.1 Å². The van der Waals surface area contributed by atoms with E-state index in [0.29, 0.717) is 13.2 Å². The Bertz CT molecular complexity index is 478. The second-order valence-corrected chi connectivity index (χ2v) is 5.11. The molecule has 2 rings (SSSR count). The Kier molecular flexibility index (Phi) is 5.71. The van der Waals surface area contributed by atoms with E-state index in [-0.39, 0.29) is 0 Å².